The van der Waals surface area contributed by atoms with Crippen molar-refractivity contribution in [2.24, 2.45) is 11.7 Å². The summed E-state index contributed by atoms with van der Waals surface area (Å²) in [6.45, 7) is 2.00. The Morgan fingerprint density at radius 1 is 1.27 bits per heavy atom. The van der Waals surface area contributed by atoms with Crippen LogP contribution in [0, 0.1) is 5.92 Å². The first-order valence-corrected chi connectivity index (χ1v) is 10.4. The van der Waals surface area contributed by atoms with E-state index in [1.165, 1.54) is 0 Å². The summed E-state index contributed by atoms with van der Waals surface area (Å²) in [5.41, 5.74) is 4.16. The van der Waals surface area contributed by atoms with Gasteiger partial charge in [0.25, 0.3) is 10.9 Å². The summed E-state index contributed by atoms with van der Waals surface area (Å²) in [4.78, 5) is 42.5. The number of hydrogen-bond acceptors (Lipinski definition) is 9. The third kappa shape index (κ3) is 4.11. The first-order valence-electron chi connectivity index (χ1n) is 10.4. The molecule has 1 aromatic rings. The fourth-order valence-corrected chi connectivity index (χ4v) is 4.80. The molecular formula is C19H31BN4O6. The van der Waals surface area contributed by atoms with Crippen LogP contribution in [-0.4, -0.2) is 85.0 Å². The van der Waals surface area contributed by atoms with Crippen molar-refractivity contribution in [3.05, 3.63) is 20.4 Å². The Bertz CT molecular complexity index is 849. The molecule has 0 aliphatic carbocycles. The van der Waals surface area contributed by atoms with Crippen LogP contribution in [0.1, 0.15) is 25.7 Å². The summed E-state index contributed by atoms with van der Waals surface area (Å²) in [5, 5.41) is 27.8. The summed E-state index contributed by atoms with van der Waals surface area (Å²) in [5.74, 6) is -1.64. The van der Waals surface area contributed by atoms with Crippen molar-refractivity contribution in [2.45, 2.75) is 43.6 Å². The lowest BCUT2D eigenvalue weighted by atomic mass is 9.78. The van der Waals surface area contributed by atoms with E-state index < -0.39 is 35.4 Å². The molecule has 2 aliphatic rings. The van der Waals surface area contributed by atoms with Crippen LogP contribution in [0.25, 0.3) is 0 Å². The number of nitrogens with zero attached hydrogens (tertiary/aromatic N) is 3. The van der Waals surface area contributed by atoms with Gasteiger partial charge < -0.3 is 35.6 Å². The smallest absolute Gasteiger partial charge is 0.451 e. The first kappa shape index (κ1) is 22.7. The Morgan fingerprint density at radius 2 is 1.90 bits per heavy atom. The van der Waals surface area contributed by atoms with E-state index in [1.807, 2.05) is 19.0 Å². The van der Waals surface area contributed by atoms with E-state index in [-0.39, 0.29) is 31.1 Å². The molecule has 0 saturated carbocycles. The third-order valence-corrected chi connectivity index (χ3v) is 6.80. The third-order valence-electron chi connectivity index (χ3n) is 6.80. The van der Waals surface area contributed by atoms with Gasteiger partial charge in [0.05, 0.1) is 0 Å². The Hall–Kier alpha value is -1.95. The minimum absolute atomic E-state index is 0.0617. The van der Waals surface area contributed by atoms with Gasteiger partial charge >= 0.3 is 13.1 Å². The fourth-order valence-electron chi connectivity index (χ4n) is 4.80. The van der Waals surface area contributed by atoms with Crippen LogP contribution in [0.15, 0.2) is 9.59 Å². The Kier molecular flexibility index (Phi) is 6.56. The maximum absolute atomic E-state index is 12.5. The van der Waals surface area contributed by atoms with Gasteiger partial charge in [-0.2, -0.15) is 0 Å². The summed E-state index contributed by atoms with van der Waals surface area (Å²) < 4.78 is 0. The van der Waals surface area contributed by atoms with Gasteiger partial charge in [-0.05, 0) is 45.7 Å². The van der Waals surface area contributed by atoms with Crippen LogP contribution in [0.5, 0.6) is 0 Å². The average molecular weight is 422 g/mol. The molecule has 10 nitrogen and oxygen atoms in total. The zero-order valence-corrected chi connectivity index (χ0v) is 17.6. The van der Waals surface area contributed by atoms with Crippen LogP contribution in [0.3, 0.4) is 0 Å². The molecule has 0 radical (unpaired) electrons. The van der Waals surface area contributed by atoms with Crippen LogP contribution >= 0.6 is 0 Å². The molecule has 0 bridgehead atoms. The average Bonchev–Trinajstić information content (AvgIpc) is 3.02. The lowest BCUT2D eigenvalue weighted by molar-refractivity contribution is -0.144. The van der Waals surface area contributed by atoms with Crippen molar-refractivity contribution in [3.8, 4) is 0 Å². The van der Waals surface area contributed by atoms with Crippen molar-refractivity contribution in [1.82, 2.24) is 4.90 Å². The van der Waals surface area contributed by atoms with Gasteiger partial charge in [-0.1, -0.05) is 6.42 Å². The van der Waals surface area contributed by atoms with Crippen LogP contribution in [-0.2, 0) is 4.79 Å². The molecule has 11 heteroatoms. The molecule has 2 heterocycles. The van der Waals surface area contributed by atoms with E-state index in [0.717, 1.165) is 25.9 Å². The normalized spacial score (nSPS) is 25.8. The fraction of sp³-hybridized carbons (Fsp3) is 0.737. The number of piperidine rings is 1. The van der Waals surface area contributed by atoms with E-state index in [4.69, 9.17) is 15.8 Å². The van der Waals surface area contributed by atoms with Gasteiger partial charge in [0, 0.05) is 32.1 Å². The van der Waals surface area contributed by atoms with Gasteiger partial charge in [0.1, 0.15) is 16.9 Å². The van der Waals surface area contributed by atoms with Crippen LogP contribution in [0.2, 0.25) is 6.32 Å². The van der Waals surface area contributed by atoms with E-state index in [9.17, 15) is 19.5 Å². The molecule has 2 saturated heterocycles. The van der Waals surface area contributed by atoms with Crippen molar-refractivity contribution < 1.29 is 19.9 Å². The van der Waals surface area contributed by atoms with Gasteiger partial charge in [-0.3, -0.25) is 14.4 Å². The molecule has 1 aromatic carbocycles. The molecule has 0 unspecified atom stereocenters. The van der Waals surface area contributed by atoms with Gasteiger partial charge in [-0.25, -0.2) is 0 Å². The molecule has 2 atom stereocenters. The topological polar surface area (TPSA) is 148 Å². The standard InChI is InChI=1S/C19H31BN4O6/c1-22-8-5-13(6-9-22)23(2)14-15(17(26)16(14)25)24-10-12(4-3-7-20(29)30)19(21,11-24)18(27)28/h12-13,29-30H,3-11,21H2,1-2H3,(H,27,28)/t12-,19-/m0/s1. The largest absolute Gasteiger partial charge is 0.480 e. The molecule has 30 heavy (non-hydrogen) atoms. The molecule has 5 N–H and O–H groups in total. The van der Waals surface area contributed by atoms with Crippen LogP contribution in [0.4, 0.5) is 11.4 Å². The van der Waals surface area contributed by atoms with E-state index >= 15 is 0 Å². The first-order chi connectivity index (χ1) is 14.1. The number of carboxylic acid groups (broad SMARTS) is 1. The molecular weight excluding hydrogens is 391 g/mol. The summed E-state index contributed by atoms with van der Waals surface area (Å²) in [6, 6.07) is 0.148. The zero-order chi connectivity index (χ0) is 22.2. The molecule has 166 valence electrons. The van der Waals surface area contributed by atoms with Crippen molar-refractivity contribution in [2.75, 3.05) is 50.1 Å². The predicted molar refractivity (Wildman–Crippen MR) is 115 cm³/mol. The lowest BCUT2D eigenvalue weighted by Gasteiger charge is -2.38. The molecule has 2 aliphatic heterocycles. The van der Waals surface area contributed by atoms with Gasteiger partial charge in [0.15, 0.2) is 0 Å². The lowest BCUT2D eigenvalue weighted by Crippen LogP contribution is -2.55. The SMILES string of the molecule is CN1CCC(N(C)c2c(N3C[C@H](CCCB(O)O)[C@](N)(C(=O)O)C3)c(=O)c2=O)CC1. The quantitative estimate of drug-likeness (QED) is 0.282. The maximum Gasteiger partial charge on any atom is 0.451 e. The second-order valence-electron chi connectivity index (χ2n) is 8.84. The zero-order valence-electron chi connectivity index (χ0n) is 17.6. The van der Waals surface area contributed by atoms with E-state index in [0.29, 0.717) is 18.5 Å². The Balaban J connectivity index is 1.81. The summed E-state index contributed by atoms with van der Waals surface area (Å²) in [6.07, 6.45) is 2.67. The number of rotatable bonds is 8. The highest BCUT2D eigenvalue weighted by Gasteiger charge is 2.51. The highest BCUT2D eigenvalue weighted by molar-refractivity contribution is 6.40. The second kappa shape index (κ2) is 8.66. The van der Waals surface area contributed by atoms with Crippen molar-refractivity contribution in [3.63, 3.8) is 0 Å². The maximum atomic E-state index is 12.5. The van der Waals surface area contributed by atoms with E-state index in [2.05, 4.69) is 4.90 Å². The number of nitrogens with two attached hydrogens (primary N) is 1. The number of anilines is 2. The molecule has 2 fully saturated rings. The Labute approximate surface area is 175 Å². The molecule has 0 spiro atoms. The second-order valence-corrected chi connectivity index (χ2v) is 8.84. The molecule has 0 aromatic heterocycles. The monoisotopic (exact) mass is 422 g/mol. The van der Waals surface area contributed by atoms with Crippen molar-refractivity contribution in [1.29, 1.82) is 0 Å². The van der Waals surface area contributed by atoms with Crippen molar-refractivity contribution >= 4 is 24.5 Å². The summed E-state index contributed by atoms with van der Waals surface area (Å²) >= 11 is 0. The number of carbonyl (C=O) groups is 1. The number of likely N-dealkylation sites (tertiary alicyclic amines) is 1. The van der Waals surface area contributed by atoms with Crippen LogP contribution < -0.4 is 26.4 Å². The minimum atomic E-state index is -1.57. The summed E-state index contributed by atoms with van der Waals surface area (Å²) in [7, 11) is 2.41. The number of carboxylic acids is 1. The Morgan fingerprint density at radius 3 is 2.47 bits per heavy atom. The van der Waals surface area contributed by atoms with E-state index in [1.54, 1.807) is 4.90 Å². The molecule has 3 rings (SSSR count). The minimum Gasteiger partial charge on any atom is -0.480 e. The van der Waals surface area contributed by atoms with Gasteiger partial charge in [-0.15, -0.1) is 0 Å². The number of hydrogen-bond donors (Lipinski definition) is 4. The highest BCUT2D eigenvalue weighted by Crippen LogP contribution is 2.36. The number of aliphatic carboxylic acids is 1. The molecule has 0 amide bonds. The highest BCUT2D eigenvalue weighted by atomic mass is 16.4. The predicted octanol–water partition coefficient (Wildman–Crippen LogP) is -1.72. The van der Waals surface area contributed by atoms with Gasteiger partial charge in [0.2, 0.25) is 0 Å².